The third kappa shape index (κ3) is 3.48. The normalized spacial score (nSPS) is 11.2. The number of hydrogen-bond acceptors (Lipinski definition) is 6. The van der Waals surface area contributed by atoms with Gasteiger partial charge in [0.1, 0.15) is 24.5 Å². The fraction of sp³-hybridized carbons (Fsp3) is 0.0556. The minimum absolute atomic E-state index is 0.214. The summed E-state index contributed by atoms with van der Waals surface area (Å²) in [7, 11) is 1.35. The Labute approximate surface area is 148 Å². The van der Waals surface area contributed by atoms with Crippen molar-refractivity contribution < 1.29 is 19.5 Å². The van der Waals surface area contributed by atoms with Gasteiger partial charge in [0, 0.05) is 29.7 Å². The molecule has 0 spiro atoms. The number of aromatic nitrogens is 3. The van der Waals surface area contributed by atoms with Crippen LogP contribution < -0.4 is 5.36 Å². The Morgan fingerprint density at radius 1 is 1.08 bits per heavy atom. The highest BCUT2D eigenvalue weighted by molar-refractivity contribution is 6.00. The van der Waals surface area contributed by atoms with Crippen LogP contribution in [0.25, 0.3) is 11.1 Å². The maximum atomic E-state index is 12.7. The Hall–Kier alpha value is -3.81. The molecule has 0 amide bonds. The van der Waals surface area contributed by atoms with Gasteiger partial charge in [-0.25, -0.2) is 14.8 Å². The molecule has 0 saturated heterocycles. The van der Waals surface area contributed by atoms with Crippen molar-refractivity contribution >= 4 is 11.9 Å². The predicted molar refractivity (Wildman–Crippen MR) is 91.2 cm³/mol. The minimum atomic E-state index is -1.25. The highest BCUT2D eigenvalue weighted by atomic mass is 16.6. The largest absolute Gasteiger partial charge is 0.477 e. The lowest BCUT2D eigenvalue weighted by molar-refractivity contribution is 0.0674. The molecule has 130 valence electrons. The summed E-state index contributed by atoms with van der Waals surface area (Å²) in [5.74, 6) is -1.72. The van der Waals surface area contributed by atoms with E-state index in [2.05, 4.69) is 20.0 Å². The van der Waals surface area contributed by atoms with E-state index in [0.29, 0.717) is 10.9 Å². The number of aromatic carboxylic acids is 1. The summed E-state index contributed by atoms with van der Waals surface area (Å²) in [6.07, 6.45) is 6.12. The molecule has 0 unspecified atom stereocenters. The molecule has 0 aliphatic carbocycles. The van der Waals surface area contributed by atoms with Crippen LogP contribution >= 0.6 is 0 Å². The van der Waals surface area contributed by atoms with Crippen molar-refractivity contribution in [2.75, 3.05) is 7.11 Å². The van der Waals surface area contributed by atoms with E-state index in [-0.39, 0.29) is 5.69 Å². The number of rotatable bonds is 4. The first kappa shape index (κ1) is 17.0. The smallest absolute Gasteiger partial charge is 0.353 e. The number of carbonyl (C=O) groups excluding carboxylic acids is 1. The number of carbonyl (C=O) groups is 2. The third-order valence-corrected chi connectivity index (χ3v) is 3.60. The molecule has 3 rings (SSSR count). The van der Waals surface area contributed by atoms with Crippen molar-refractivity contribution in [1.82, 2.24) is 14.5 Å². The summed E-state index contributed by atoms with van der Waals surface area (Å²) in [6.45, 7) is 0. The van der Waals surface area contributed by atoms with Gasteiger partial charge in [-0.05, 0) is 29.8 Å². The van der Waals surface area contributed by atoms with Gasteiger partial charge in [-0.15, -0.1) is 0 Å². The molecule has 0 aliphatic rings. The van der Waals surface area contributed by atoms with E-state index < -0.39 is 11.9 Å². The number of nitrogens with zero attached hydrogens (tertiary/aromatic N) is 4. The second-order valence-electron chi connectivity index (χ2n) is 5.23. The van der Waals surface area contributed by atoms with Crippen LogP contribution in [0.2, 0.25) is 0 Å². The first-order chi connectivity index (χ1) is 12.6. The van der Waals surface area contributed by atoms with Crippen molar-refractivity contribution in [3.8, 4) is 11.1 Å². The standard InChI is InChI=1S/C18H14N4O4/c1-26-21-15-6-7-22(16(8-15)18(24)25)17(23)13-4-2-12(3-5-13)14-9-19-11-20-10-14/h2-11H,1H3,(H,24,25)/b21-15-. The molecule has 8 nitrogen and oxygen atoms in total. The molecule has 8 heteroatoms. The molecule has 1 N–H and O–H groups in total. The van der Waals surface area contributed by atoms with Gasteiger partial charge < -0.3 is 9.94 Å². The zero-order valence-electron chi connectivity index (χ0n) is 13.7. The molecular formula is C18H14N4O4. The zero-order chi connectivity index (χ0) is 18.5. The lowest BCUT2D eigenvalue weighted by Crippen LogP contribution is -2.22. The fourth-order valence-corrected chi connectivity index (χ4v) is 2.39. The summed E-state index contributed by atoms with van der Waals surface area (Å²) < 4.78 is 1.05. The molecule has 0 atom stereocenters. The molecule has 1 aromatic carbocycles. The van der Waals surface area contributed by atoms with E-state index in [1.807, 2.05) is 0 Å². The fourth-order valence-electron chi connectivity index (χ4n) is 2.39. The molecular weight excluding hydrogens is 336 g/mol. The molecule has 0 radical (unpaired) electrons. The van der Waals surface area contributed by atoms with Crippen LogP contribution in [-0.4, -0.2) is 38.6 Å². The number of pyridine rings is 1. The highest BCUT2D eigenvalue weighted by Gasteiger charge is 2.16. The van der Waals surface area contributed by atoms with Crippen LogP contribution in [0, 0.1) is 0 Å². The van der Waals surface area contributed by atoms with Crippen LogP contribution in [-0.2, 0) is 4.84 Å². The molecule has 0 fully saturated rings. The predicted octanol–water partition coefficient (Wildman–Crippen LogP) is 1.79. The van der Waals surface area contributed by atoms with E-state index >= 15 is 0 Å². The van der Waals surface area contributed by atoms with Crippen LogP contribution in [0.1, 0.15) is 20.8 Å². The maximum absolute atomic E-state index is 12.7. The molecule has 3 aromatic rings. The lowest BCUT2D eigenvalue weighted by Gasteiger charge is -2.10. The SMILES string of the molecule is CO/N=c1/ccn(C(=O)c2ccc(-c3cncnc3)cc2)c(C(=O)O)c1. The lowest BCUT2D eigenvalue weighted by atomic mass is 10.1. The van der Waals surface area contributed by atoms with E-state index in [4.69, 9.17) is 0 Å². The van der Waals surface area contributed by atoms with Crippen LogP contribution in [0.15, 0.2) is 66.5 Å². The number of carboxylic acids is 1. The van der Waals surface area contributed by atoms with Gasteiger partial charge in [0.05, 0.1) is 0 Å². The van der Waals surface area contributed by atoms with E-state index in [0.717, 1.165) is 15.7 Å². The Kier molecular flexibility index (Phi) is 4.84. The van der Waals surface area contributed by atoms with Gasteiger partial charge in [0.15, 0.2) is 0 Å². The van der Waals surface area contributed by atoms with Gasteiger partial charge in [-0.3, -0.25) is 9.36 Å². The van der Waals surface area contributed by atoms with E-state index in [9.17, 15) is 14.7 Å². The highest BCUT2D eigenvalue weighted by Crippen LogP contribution is 2.18. The molecule has 2 heterocycles. The Morgan fingerprint density at radius 2 is 1.77 bits per heavy atom. The Bertz CT molecular complexity index is 1010. The van der Waals surface area contributed by atoms with Gasteiger partial charge in [-0.1, -0.05) is 17.3 Å². The van der Waals surface area contributed by atoms with Crippen molar-refractivity contribution in [2.45, 2.75) is 0 Å². The van der Waals surface area contributed by atoms with Crippen molar-refractivity contribution in [1.29, 1.82) is 0 Å². The summed E-state index contributed by atoms with van der Waals surface area (Å²) in [5.41, 5.74) is 1.79. The van der Waals surface area contributed by atoms with Crippen molar-refractivity contribution in [3.05, 3.63) is 77.9 Å². The summed E-state index contributed by atoms with van der Waals surface area (Å²) >= 11 is 0. The molecule has 0 saturated carbocycles. The number of carboxylic acid groups (broad SMARTS) is 1. The summed E-state index contributed by atoms with van der Waals surface area (Å²) in [5, 5.41) is 13.3. The Balaban J connectivity index is 1.97. The van der Waals surface area contributed by atoms with Gasteiger partial charge in [0.2, 0.25) is 0 Å². The Morgan fingerprint density at radius 3 is 2.38 bits per heavy atom. The molecule has 0 aliphatic heterocycles. The minimum Gasteiger partial charge on any atom is -0.477 e. The third-order valence-electron chi connectivity index (χ3n) is 3.60. The first-order valence-electron chi connectivity index (χ1n) is 7.53. The average molecular weight is 350 g/mol. The second kappa shape index (κ2) is 7.39. The number of benzene rings is 1. The summed E-state index contributed by atoms with van der Waals surface area (Å²) in [4.78, 5) is 36.7. The first-order valence-corrected chi connectivity index (χ1v) is 7.53. The quantitative estimate of drug-likeness (QED) is 0.719. The van der Waals surface area contributed by atoms with Crippen molar-refractivity contribution in [3.63, 3.8) is 0 Å². The van der Waals surface area contributed by atoms with E-state index in [1.165, 1.54) is 31.8 Å². The molecule has 2 aromatic heterocycles. The number of hydrogen-bond donors (Lipinski definition) is 1. The topological polar surface area (TPSA) is 107 Å². The maximum Gasteiger partial charge on any atom is 0.353 e. The van der Waals surface area contributed by atoms with Crippen molar-refractivity contribution in [2.24, 2.45) is 5.16 Å². The van der Waals surface area contributed by atoms with Crippen LogP contribution in [0.4, 0.5) is 0 Å². The van der Waals surface area contributed by atoms with Gasteiger partial charge >= 0.3 is 5.97 Å². The second-order valence-corrected chi connectivity index (χ2v) is 5.23. The summed E-state index contributed by atoms with van der Waals surface area (Å²) in [6, 6.07) is 9.50. The van der Waals surface area contributed by atoms with Crippen LogP contribution in [0.3, 0.4) is 0 Å². The van der Waals surface area contributed by atoms with Crippen LogP contribution in [0.5, 0.6) is 0 Å². The molecule has 0 bridgehead atoms. The monoisotopic (exact) mass is 350 g/mol. The van der Waals surface area contributed by atoms with E-state index in [1.54, 1.807) is 36.7 Å². The van der Waals surface area contributed by atoms with Gasteiger partial charge in [0.25, 0.3) is 5.91 Å². The van der Waals surface area contributed by atoms with Gasteiger partial charge in [-0.2, -0.15) is 0 Å². The average Bonchev–Trinajstić information content (AvgIpc) is 2.68. The molecule has 26 heavy (non-hydrogen) atoms. The zero-order valence-corrected chi connectivity index (χ0v) is 13.7.